The molecular formula is C128H135N5S5. The highest BCUT2D eigenvalue weighted by molar-refractivity contribution is 7.24. The number of thiophene rings is 4. The summed E-state index contributed by atoms with van der Waals surface area (Å²) in [6, 6.07) is 108. The lowest BCUT2D eigenvalue weighted by Gasteiger charge is -2.32. The first-order chi connectivity index (χ1) is 65.6. The topological polar surface area (TPSA) is 35.5 Å². The first-order valence-electron chi connectivity index (χ1n) is 48.8. The molecule has 20 rings (SSSR count). The van der Waals surface area contributed by atoms with Crippen LogP contribution in [0.4, 0.5) is 51.2 Å². The lowest BCUT2D eigenvalue weighted by atomic mass is 9.81. The molecule has 0 spiro atoms. The van der Waals surface area contributed by atoms with E-state index in [4.69, 9.17) is 8.75 Å². The summed E-state index contributed by atoms with van der Waals surface area (Å²) in [7, 11) is 0. The second-order valence-electron chi connectivity index (χ2n) is 41.8. The minimum absolute atomic E-state index is 0.0885. The van der Waals surface area contributed by atoms with Gasteiger partial charge >= 0.3 is 0 Å². The van der Waals surface area contributed by atoms with Gasteiger partial charge < -0.3 is 14.7 Å². The SMILES string of the molecule is CCC(C)c1ccc(N(c2ccc(C)cc2)c2ccc(C)cc2)cc1.Cc1ccc(-c2sc(-c3ccc(-c4cc(C)c(-c5ccc(C)s5)s4)c4nsnc34)cc2C)s1.Cc1ccc(N(c2ccc(N(c3ccc(C)cc3)c3c(C)cc(C(C)(C)C)cc3C)cc2)c2c(C)cc(C(C)(C)C)cc2C)cc1.Cc1ccc2c(c1)C(C)(C)c1cc(C)ccc1-2.Cc1ccc2c(c1)C(C)(C)c1cc(C)ccc1-2. The average Bonchev–Trinajstić information content (AvgIpc) is 1.53. The molecule has 0 aliphatic heterocycles. The van der Waals surface area contributed by atoms with Gasteiger partial charge in [0.1, 0.15) is 11.0 Å². The third-order valence-electron chi connectivity index (χ3n) is 27.7. The maximum absolute atomic E-state index is 4.73. The Labute approximate surface area is 844 Å². The molecule has 1 atom stereocenters. The minimum Gasteiger partial charge on any atom is -0.311 e. The van der Waals surface area contributed by atoms with Crippen molar-refractivity contribution in [2.24, 2.45) is 0 Å². The smallest absolute Gasteiger partial charge is 0.114 e. The number of hydrogen-bond acceptors (Lipinski definition) is 10. The van der Waals surface area contributed by atoms with Gasteiger partial charge in [-0.1, -0.05) is 297 Å². The van der Waals surface area contributed by atoms with Gasteiger partial charge in [-0.25, -0.2) is 0 Å². The Balaban J connectivity index is 0.000000131. The number of nitrogens with zero attached hydrogens (tertiary/aromatic N) is 5. The molecule has 138 heavy (non-hydrogen) atoms. The summed E-state index contributed by atoms with van der Waals surface area (Å²) in [5.41, 5.74) is 49.4. The van der Waals surface area contributed by atoms with Crippen LogP contribution in [0.2, 0.25) is 0 Å². The maximum Gasteiger partial charge on any atom is 0.114 e. The van der Waals surface area contributed by atoms with Gasteiger partial charge in [0.15, 0.2) is 0 Å². The van der Waals surface area contributed by atoms with E-state index in [2.05, 4.69) is 500 Å². The number of hydrogen-bond donors (Lipinski definition) is 0. The fourth-order valence-corrected chi connectivity index (χ4v) is 24.5. The number of fused-ring (bicyclic) bond motifs is 7. The van der Waals surface area contributed by atoms with E-state index in [1.807, 2.05) is 45.3 Å². The van der Waals surface area contributed by atoms with E-state index in [0.717, 1.165) is 33.8 Å². The average molecular weight is 1900 g/mol. The number of rotatable bonds is 15. The summed E-state index contributed by atoms with van der Waals surface area (Å²) in [6.45, 7) is 62.5. The minimum atomic E-state index is 0.0885. The molecule has 1 unspecified atom stereocenters. The summed E-state index contributed by atoms with van der Waals surface area (Å²) in [6.07, 6.45) is 1.17. The molecule has 0 radical (unpaired) electrons. The van der Waals surface area contributed by atoms with Crippen LogP contribution < -0.4 is 14.7 Å². The van der Waals surface area contributed by atoms with Crippen molar-refractivity contribution in [1.29, 1.82) is 0 Å². The molecule has 5 heterocycles. The van der Waals surface area contributed by atoms with Crippen LogP contribution in [-0.4, -0.2) is 8.75 Å². The number of aromatic nitrogens is 2. The second kappa shape index (κ2) is 40.4. The van der Waals surface area contributed by atoms with Gasteiger partial charge in [0.2, 0.25) is 0 Å². The standard InChI is InChI=1S/C44H52N2.C26H20N2S5.C24H27N.2C17H18/c1-29-13-17-37(18-14-29)45(41-31(3)25-35(26-32(41)4)43(7,8)9)39-21-23-40(24-22-39)46(38-19-15-30(2)16-20-38)42-33(5)27-36(28-34(42)6)44(10,11)12;1-13-11-21(31-25(13)19-9-5-15(3)29-19)17-7-8-18(24-23(17)27-33-28-24)22-12-14(2)26(32-22)20-10-6-16(4)30-20;1-5-20(4)21-10-16-24(17-11-21)25(22-12-6-18(2)7-13-22)23-14-8-19(3)9-15-23;2*1-11-5-7-13-14-8-6-12(2)10-16(14)17(3,4)15(13)9-11/h13-28H,1-12H3;5-12H,1-4H3;6-17,20H,5H2,1-4H3;2*5-10H,1-4H3. The zero-order valence-electron chi connectivity index (χ0n) is 86.3. The van der Waals surface area contributed by atoms with Gasteiger partial charge in [-0.15, -0.1) is 45.3 Å². The largest absolute Gasteiger partial charge is 0.311 e. The Bertz CT molecular complexity index is 6860. The zero-order chi connectivity index (χ0) is 98.5. The van der Waals surface area contributed by atoms with E-state index >= 15 is 0 Å². The Hall–Kier alpha value is -12.1. The molecule has 5 aromatic heterocycles. The lowest BCUT2D eigenvalue weighted by molar-refractivity contribution is 0.589. The number of benzene rings is 13. The van der Waals surface area contributed by atoms with Gasteiger partial charge in [0.25, 0.3) is 0 Å². The third-order valence-corrected chi connectivity index (χ3v) is 33.1. The molecular weight excluding hydrogens is 1770 g/mol. The predicted molar refractivity (Wildman–Crippen MR) is 608 cm³/mol. The Morgan fingerprint density at radius 3 is 0.783 bits per heavy atom. The van der Waals surface area contributed by atoms with Crippen LogP contribution in [0.1, 0.15) is 222 Å². The maximum atomic E-state index is 4.73. The first kappa shape index (κ1) is 98.9. The lowest BCUT2D eigenvalue weighted by Crippen LogP contribution is -2.17. The van der Waals surface area contributed by atoms with Gasteiger partial charge in [-0.3, -0.25) is 0 Å². The molecule has 13 aromatic carbocycles. The van der Waals surface area contributed by atoms with Crippen molar-refractivity contribution in [3.63, 3.8) is 0 Å². The molecule has 0 fully saturated rings. The number of aryl methyl sites for hydroxylation is 16. The Kier molecular flexibility index (Phi) is 28.9. The van der Waals surface area contributed by atoms with Crippen molar-refractivity contribution in [1.82, 2.24) is 8.75 Å². The molecule has 0 saturated heterocycles. The zero-order valence-corrected chi connectivity index (χ0v) is 90.4. The van der Waals surface area contributed by atoms with Gasteiger partial charge in [-0.2, -0.15) is 8.75 Å². The van der Waals surface area contributed by atoms with Crippen LogP contribution in [0.5, 0.6) is 0 Å². The number of anilines is 9. The molecule has 2 aliphatic carbocycles. The summed E-state index contributed by atoms with van der Waals surface area (Å²) in [5.74, 6) is 0.598. The van der Waals surface area contributed by atoms with Gasteiger partial charge in [-0.05, 0) is 350 Å². The Morgan fingerprint density at radius 2 is 0.522 bits per heavy atom. The Morgan fingerprint density at radius 1 is 0.268 bits per heavy atom. The van der Waals surface area contributed by atoms with Crippen molar-refractivity contribution in [2.45, 2.75) is 228 Å². The summed E-state index contributed by atoms with van der Waals surface area (Å²) < 4.78 is 9.47. The van der Waals surface area contributed by atoms with Crippen molar-refractivity contribution in [2.75, 3.05) is 14.7 Å². The van der Waals surface area contributed by atoms with E-state index in [9.17, 15) is 0 Å². The van der Waals surface area contributed by atoms with E-state index in [-0.39, 0.29) is 21.7 Å². The normalized spacial score (nSPS) is 12.8. The van der Waals surface area contributed by atoms with Crippen LogP contribution in [0.25, 0.3) is 73.7 Å². The third kappa shape index (κ3) is 20.9. The van der Waals surface area contributed by atoms with Crippen molar-refractivity contribution in [3.05, 3.63) is 418 Å². The van der Waals surface area contributed by atoms with Crippen LogP contribution in [0.3, 0.4) is 0 Å². The van der Waals surface area contributed by atoms with E-state index in [1.165, 1.54) is 236 Å². The van der Waals surface area contributed by atoms with E-state index in [0.29, 0.717) is 5.92 Å². The molecule has 18 aromatic rings. The summed E-state index contributed by atoms with van der Waals surface area (Å²) >= 11 is 8.74. The van der Waals surface area contributed by atoms with Crippen molar-refractivity contribution < 1.29 is 0 Å². The predicted octanol–water partition coefficient (Wildman–Crippen LogP) is 39.4. The fourth-order valence-electron chi connectivity index (χ4n) is 19.5. The molecule has 0 amide bonds. The van der Waals surface area contributed by atoms with Crippen LogP contribution >= 0.6 is 57.1 Å². The summed E-state index contributed by atoms with van der Waals surface area (Å²) in [5, 5.41) is 0. The van der Waals surface area contributed by atoms with Crippen molar-refractivity contribution >= 4 is 119 Å². The van der Waals surface area contributed by atoms with Gasteiger partial charge in [0, 0.05) is 101 Å². The highest BCUT2D eigenvalue weighted by Gasteiger charge is 2.38. The van der Waals surface area contributed by atoms with Crippen LogP contribution in [0, 0.1) is 111 Å². The van der Waals surface area contributed by atoms with Crippen molar-refractivity contribution in [3.8, 4) is 62.6 Å². The molecule has 702 valence electrons. The second-order valence-corrected chi connectivity index (χ2v) is 47.0. The first-order valence-corrected chi connectivity index (χ1v) is 52.8. The molecule has 10 heteroatoms. The summed E-state index contributed by atoms with van der Waals surface area (Å²) in [4.78, 5) is 17.8. The van der Waals surface area contributed by atoms with Crippen LogP contribution in [0.15, 0.2) is 291 Å². The quantitative estimate of drug-likeness (QED) is 0.102. The molecule has 5 nitrogen and oxygen atoms in total. The monoisotopic (exact) mass is 1900 g/mol. The van der Waals surface area contributed by atoms with E-state index < -0.39 is 0 Å². The molecule has 0 bridgehead atoms. The fraction of sp³-hybridized carbons (Fsp3) is 0.266. The van der Waals surface area contributed by atoms with E-state index in [1.54, 1.807) is 0 Å². The highest BCUT2D eigenvalue weighted by atomic mass is 32.1. The molecule has 0 saturated carbocycles. The van der Waals surface area contributed by atoms with Gasteiger partial charge in [0.05, 0.1) is 23.1 Å². The highest BCUT2D eigenvalue weighted by Crippen LogP contribution is 2.54. The molecule has 2 aliphatic rings. The van der Waals surface area contributed by atoms with Crippen LogP contribution in [-0.2, 0) is 21.7 Å². The molecule has 0 N–H and O–H groups in total.